The van der Waals surface area contributed by atoms with E-state index in [1.807, 2.05) is 18.2 Å². The normalized spacial score (nSPS) is 11.0. The van der Waals surface area contributed by atoms with Crippen LogP contribution in [0, 0.1) is 22.7 Å². The first kappa shape index (κ1) is 14.8. The first-order valence-corrected chi connectivity index (χ1v) is 6.90. The van der Waals surface area contributed by atoms with Crippen LogP contribution in [-0.4, -0.2) is 5.91 Å². The van der Waals surface area contributed by atoms with Crippen LogP contribution in [0.1, 0.15) is 17.0 Å². The first-order valence-electron chi connectivity index (χ1n) is 6.11. The molecule has 1 atom stereocenters. The van der Waals surface area contributed by atoms with Gasteiger partial charge in [0.1, 0.15) is 6.07 Å². The summed E-state index contributed by atoms with van der Waals surface area (Å²) < 4.78 is 0.747. The van der Waals surface area contributed by atoms with E-state index in [1.54, 1.807) is 42.5 Å². The lowest BCUT2D eigenvalue weighted by atomic mass is 9.99. The molecular formula is C16H10BrN3O. The van der Waals surface area contributed by atoms with Crippen LogP contribution < -0.4 is 5.32 Å². The smallest absolute Gasteiger partial charge is 0.246 e. The second-order valence-electron chi connectivity index (χ2n) is 4.26. The maximum atomic E-state index is 12.2. The maximum absolute atomic E-state index is 12.2. The number of anilines is 1. The molecule has 2 rings (SSSR count). The highest BCUT2D eigenvalue weighted by atomic mass is 79.9. The molecule has 2 aromatic rings. The van der Waals surface area contributed by atoms with E-state index in [2.05, 4.69) is 21.2 Å². The van der Waals surface area contributed by atoms with Crippen molar-refractivity contribution in [3.05, 3.63) is 64.1 Å². The number of carbonyl (C=O) groups is 1. The number of nitrogens with one attached hydrogen (secondary N) is 1. The third-order valence-electron chi connectivity index (χ3n) is 2.88. The largest absolute Gasteiger partial charge is 0.323 e. The second-order valence-corrected chi connectivity index (χ2v) is 5.18. The van der Waals surface area contributed by atoms with Crippen molar-refractivity contribution >= 4 is 27.5 Å². The Labute approximate surface area is 130 Å². The molecule has 0 saturated carbocycles. The predicted molar refractivity (Wildman–Crippen MR) is 82.3 cm³/mol. The minimum absolute atomic E-state index is 0.336. The van der Waals surface area contributed by atoms with Crippen molar-refractivity contribution in [1.29, 1.82) is 10.5 Å². The molecule has 0 heterocycles. The average molecular weight is 340 g/mol. The van der Waals surface area contributed by atoms with E-state index in [1.165, 1.54) is 0 Å². The molecule has 102 valence electrons. The third-order valence-corrected chi connectivity index (χ3v) is 3.38. The van der Waals surface area contributed by atoms with Gasteiger partial charge in [-0.1, -0.05) is 46.3 Å². The first-order chi connectivity index (χ1) is 10.2. The molecule has 0 spiro atoms. The van der Waals surface area contributed by atoms with E-state index in [0.29, 0.717) is 16.8 Å². The Hall–Kier alpha value is -2.63. The monoisotopic (exact) mass is 339 g/mol. The standard InChI is InChI=1S/C16H10BrN3O/c17-13-6-7-15(12(8-13)9-18)20-16(21)14(10-19)11-4-2-1-3-5-11/h1-8,14H,(H,20,21). The SMILES string of the molecule is N#Cc1cc(Br)ccc1NC(=O)C(C#N)c1ccccc1. The summed E-state index contributed by atoms with van der Waals surface area (Å²) in [5, 5.41) is 20.9. The van der Waals surface area contributed by atoms with Gasteiger partial charge in [-0.2, -0.15) is 10.5 Å². The average Bonchev–Trinajstić information content (AvgIpc) is 2.51. The number of carbonyl (C=O) groups excluding carboxylic acids is 1. The van der Waals surface area contributed by atoms with Crippen LogP contribution >= 0.6 is 15.9 Å². The van der Waals surface area contributed by atoms with Gasteiger partial charge in [0.25, 0.3) is 0 Å². The number of amides is 1. The Morgan fingerprint density at radius 3 is 2.48 bits per heavy atom. The Morgan fingerprint density at radius 1 is 1.14 bits per heavy atom. The van der Waals surface area contributed by atoms with Crippen molar-refractivity contribution in [2.45, 2.75) is 5.92 Å². The van der Waals surface area contributed by atoms with Gasteiger partial charge >= 0.3 is 0 Å². The topological polar surface area (TPSA) is 76.7 Å². The van der Waals surface area contributed by atoms with Gasteiger partial charge in [-0.25, -0.2) is 0 Å². The number of nitrogens with zero attached hydrogens (tertiary/aromatic N) is 2. The highest BCUT2D eigenvalue weighted by molar-refractivity contribution is 9.10. The molecule has 0 aromatic heterocycles. The number of benzene rings is 2. The lowest BCUT2D eigenvalue weighted by Crippen LogP contribution is -2.20. The highest BCUT2D eigenvalue weighted by Gasteiger charge is 2.20. The number of hydrogen-bond acceptors (Lipinski definition) is 3. The molecule has 1 unspecified atom stereocenters. The van der Waals surface area contributed by atoms with Gasteiger partial charge in [-0.15, -0.1) is 0 Å². The van der Waals surface area contributed by atoms with Crippen molar-refractivity contribution in [2.75, 3.05) is 5.32 Å². The summed E-state index contributed by atoms with van der Waals surface area (Å²) >= 11 is 3.27. The van der Waals surface area contributed by atoms with Crippen LogP contribution in [0.2, 0.25) is 0 Å². The summed E-state index contributed by atoms with van der Waals surface area (Å²) in [4.78, 5) is 12.2. The van der Waals surface area contributed by atoms with E-state index in [0.717, 1.165) is 4.47 Å². The van der Waals surface area contributed by atoms with Crippen LogP contribution in [-0.2, 0) is 4.79 Å². The molecule has 21 heavy (non-hydrogen) atoms. The van der Waals surface area contributed by atoms with Crippen molar-refractivity contribution in [2.24, 2.45) is 0 Å². The quantitative estimate of drug-likeness (QED) is 0.928. The zero-order valence-corrected chi connectivity index (χ0v) is 12.5. The summed E-state index contributed by atoms with van der Waals surface area (Å²) in [6, 6.07) is 17.8. The minimum atomic E-state index is -0.915. The van der Waals surface area contributed by atoms with Crippen LogP contribution in [0.15, 0.2) is 53.0 Å². The molecule has 0 aliphatic carbocycles. The summed E-state index contributed by atoms with van der Waals surface area (Å²) in [6.45, 7) is 0. The third kappa shape index (κ3) is 3.47. The Morgan fingerprint density at radius 2 is 1.86 bits per heavy atom. The molecule has 0 radical (unpaired) electrons. The number of nitriles is 2. The van der Waals surface area contributed by atoms with Crippen molar-refractivity contribution < 1.29 is 4.79 Å². The van der Waals surface area contributed by atoms with E-state index < -0.39 is 11.8 Å². The molecule has 5 heteroatoms. The van der Waals surface area contributed by atoms with Gasteiger partial charge in [0.2, 0.25) is 5.91 Å². The van der Waals surface area contributed by atoms with E-state index in [4.69, 9.17) is 5.26 Å². The predicted octanol–water partition coefficient (Wildman–Crippen LogP) is 3.57. The summed E-state index contributed by atoms with van der Waals surface area (Å²) in [5.74, 6) is -1.37. The fraction of sp³-hybridized carbons (Fsp3) is 0.0625. The number of hydrogen-bond donors (Lipinski definition) is 1. The fourth-order valence-electron chi connectivity index (χ4n) is 1.85. The van der Waals surface area contributed by atoms with E-state index in [-0.39, 0.29) is 0 Å². The van der Waals surface area contributed by atoms with E-state index in [9.17, 15) is 10.1 Å². The molecular weight excluding hydrogens is 330 g/mol. The Bertz CT molecular complexity index is 744. The summed E-state index contributed by atoms with van der Waals surface area (Å²) in [5.41, 5.74) is 1.34. The molecule has 1 amide bonds. The zero-order chi connectivity index (χ0) is 15.2. The second kappa shape index (κ2) is 6.69. The fourth-order valence-corrected chi connectivity index (χ4v) is 2.21. The highest BCUT2D eigenvalue weighted by Crippen LogP contribution is 2.23. The van der Waals surface area contributed by atoms with Gasteiger partial charge in [-0.05, 0) is 23.8 Å². The molecule has 0 saturated heterocycles. The van der Waals surface area contributed by atoms with Gasteiger partial charge in [0, 0.05) is 4.47 Å². The molecule has 2 aromatic carbocycles. The van der Waals surface area contributed by atoms with Gasteiger partial charge in [0.15, 0.2) is 5.92 Å². The molecule has 4 nitrogen and oxygen atoms in total. The van der Waals surface area contributed by atoms with Gasteiger partial charge in [0.05, 0.1) is 17.3 Å². The van der Waals surface area contributed by atoms with Crippen LogP contribution in [0.4, 0.5) is 5.69 Å². The molecule has 1 N–H and O–H groups in total. The summed E-state index contributed by atoms with van der Waals surface area (Å²) in [6.07, 6.45) is 0. The minimum Gasteiger partial charge on any atom is -0.323 e. The molecule has 0 fully saturated rings. The lowest BCUT2D eigenvalue weighted by Gasteiger charge is -2.11. The van der Waals surface area contributed by atoms with Crippen LogP contribution in [0.25, 0.3) is 0 Å². The molecule has 0 aliphatic heterocycles. The maximum Gasteiger partial charge on any atom is 0.246 e. The zero-order valence-electron chi connectivity index (χ0n) is 10.9. The lowest BCUT2D eigenvalue weighted by molar-refractivity contribution is -0.116. The summed E-state index contributed by atoms with van der Waals surface area (Å²) in [7, 11) is 0. The number of rotatable bonds is 3. The van der Waals surface area contributed by atoms with Crippen molar-refractivity contribution in [3.8, 4) is 12.1 Å². The van der Waals surface area contributed by atoms with Crippen LogP contribution in [0.3, 0.4) is 0 Å². The van der Waals surface area contributed by atoms with Gasteiger partial charge < -0.3 is 5.32 Å². The van der Waals surface area contributed by atoms with Gasteiger partial charge in [-0.3, -0.25) is 4.79 Å². The van der Waals surface area contributed by atoms with Crippen molar-refractivity contribution in [3.63, 3.8) is 0 Å². The Kier molecular flexibility index (Phi) is 4.71. The van der Waals surface area contributed by atoms with Crippen LogP contribution in [0.5, 0.6) is 0 Å². The molecule has 0 bridgehead atoms. The number of halogens is 1. The van der Waals surface area contributed by atoms with E-state index >= 15 is 0 Å². The molecule has 0 aliphatic rings. The Balaban J connectivity index is 2.26. The van der Waals surface area contributed by atoms with Crippen molar-refractivity contribution in [1.82, 2.24) is 0 Å².